The van der Waals surface area contributed by atoms with E-state index in [-0.39, 0.29) is 11.9 Å². The van der Waals surface area contributed by atoms with Gasteiger partial charge in [0.25, 0.3) is 0 Å². The molecule has 2 N–H and O–H groups in total. The molecule has 2 aliphatic heterocycles. The molecule has 4 rings (SSSR count). The average Bonchev–Trinajstić information content (AvgIpc) is 3.30. The fourth-order valence-electron chi connectivity index (χ4n) is 4.01. The number of nitrogen functional groups attached to an aromatic ring is 1. The van der Waals surface area contributed by atoms with Gasteiger partial charge in [-0.2, -0.15) is 5.26 Å². The van der Waals surface area contributed by atoms with Gasteiger partial charge in [-0.1, -0.05) is 0 Å². The van der Waals surface area contributed by atoms with E-state index < -0.39 is 0 Å². The van der Waals surface area contributed by atoms with E-state index in [2.05, 4.69) is 15.9 Å². The van der Waals surface area contributed by atoms with E-state index in [4.69, 9.17) is 10.5 Å². The maximum atomic E-state index is 13.1. The molecule has 6 nitrogen and oxygen atoms in total. The van der Waals surface area contributed by atoms with E-state index in [0.717, 1.165) is 57.1 Å². The zero-order chi connectivity index (χ0) is 18.8. The van der Waals surface area contributed by atoms with Gasteiger partial charge in [-0.15, -0.1) is 0 Å². The minimum atomic E-state index is -0.221. The van der Waals surface area contributed by atoms with Crippen molar-refractivity contribution in [3.05, 3.63) is 41.8 Å². The van der Waals surface area contributed by atoms with Crippen LogP contribution in [0.25, 0.3) is 0 Å². The summed E-state index contributed by atoms with van der Waals surface area (Å²) in [6.45, 7) is 4.67. The number of halogens is 1. The lowest BCUT2D eigenvalue weighted by molar-refractivity contribution is 0.0971. The highest BCUT2D eigenvalue weighted by Gasteiger charge is 2.26. The molecule has 0 radical (unpaired) electrons. The number of aromatic nitrogens is 1. The first-order valence-corrected chi connectivity index (χ1v) is 9.42. The molecule has 27 heavy (non-hydrogen) atoms. The predicted molar refractivity (Wildman–Crippen MR) is 103 cm³/mol. The number of nitrogens with zero attached hydrogens (tertiary/aromatic N) is 4. The lowest BCUT2D eigenvalue weighted by atomic mass is 10.2. The van der Waals surface area contributed by atoms with Crippen LogP contribution < -0.4 is 15.5 Å². The fourth-order valence-corrected chi connectivity index (χ4v) is 4.01. The smallest absolute Gasteiger partial charge is 0.133 e. The molecule has 1 atom stereocenters. The molecule has 0 spiro atoms. The van der Waals surface area contributed by atoms with Crippen LogP contribution in [0.1, 0.15) is 18.5 Å². The minimum absolute atomic E-state index is 0.142. The Labute approximate surface area is 158 Å². The quantitative estimate of drug-likeness (QED) is 0.897. The average molecular weight is 369 g/mol. The van der Waals surface area contributed by atoms with Crippen LogP contribution in [-0.2, 0) is 11.3 Å². The monoisotopic (exact) mass is 369 g/mol. The number of ether oxygens (including phenoxy) is 1. The number of hydrogen-bond donors (Lipinski definition) is 1. The van der Waals surface area contributed by atoms with Crippen molar-refractivity contribution >= 4 is 17.2 Å². The van der Waals surface area contributed by atoms with Gasteiger partial charge in [-0.25, -0.2) is 4.39 Å². The lowest BCUT2D eigenvalue weighted by Crippen LogP contribution is -2.47. The third-order valence-corrected chi connectivity index (χ3v) is 5.39. The van der Waals surface area contributed by atoms with Gasteiger partial charge in [-0.05, 0) is 43.2 Å². The van der Waals surface area contributed by atoms with Gasteiger partial charge in [0.05, 0.1) is 18.3 Å². The Morgan fingerprint density at radius 1 is 1.15 bits per heavy atom. The van der Waals surface area contributed by atoms with Gasteiger partial charge in [0.15, 0.2) is 0 Å². The summed E-state index contributed by atoms with van der Waals surface area (Å²) in [4.78, 5) is 4.48. The number of nitriles is 1. The van der Waals surface area contributed by atoms with Gasteiger partial charge in [0, 0.05) is 38.5 Å². The second-order valence-electron chi connectivity index (χ2n) is 7.12. The van der Waals surface area contributed by atoms with E-state index in [1.807, 2.05) is 16.7 Å². The van der Waals surface area contributed by atoms with E-state index in [0.29, 0.717) is 17.9 Å². The first kappa shape index (κ1) is 17.7. The largest absolute Gasteiger partial charge is 0.396 e. The Morgan fingerprint density at radius 3 is 2.48 bits per heavy atom. The van der Waals surface area contributed by atoms with Crippen molar-refractivity contribution in [1.82, 2.24) is 4.57 Å². The molecule has 0 saturated carbocycles. The van der Waals surface area contributed by atoms with Crippen molar-refractivity contribution in [2.24, 2.45) is 0 Å². The minimum Gasteiger partial charge on any atom is -0.396 e. The SMILES string of the molecule is N#Cc1cc(N)c(N2CCN(c3ccc(F)cc3)CC2)n1CC1CCCO1. The van der Waals surface area contributed by atoms with Crippen LogP contribution in [0, 0.1) is 17.1 Å². The molecule has 0 aliphatic carbocycles. The summed E-state index contributed by atoms with van der Waals surface area (Å²) >= 11 is 0. The Kier molecular flexibility index (Phi) is 4.90. The molecule has 2 aliphatic rings. The zero-order valence-corrected chi connectivity index (χ0v) is 15.3. The first-order chi connectivity index (χ1) is 13.2. The van der Waals surface area contributed by atoms with Gasteiger partial charge in [0.1, 0.15) is 23.4 Å². The molecule has 7 heteroatoms. The number of anilines is 3. The van der Waals surface area contributed by atoms with Crippen molar-refractivity contribution in [3.8, 4) is 6.07 Å². The van der Waals surface area contributed by atoms with Crippen molar-refractivity contribution in [1.29, 1.82) is 5.26 Å². The topological polar surface area (TPSA) is 70.5 Å². The maximum absolute atomic E-state index is 13.1. The highest BCUT2D eigenvalue weighted by molar-refractivity contribution is 5.68. The van der Waals surface area contributed by atoms with E-state index in [9.17, 15) is 9.65 Å². The second-order valence-corrected chi connectivity index (χ2v) is 7.12. The van der Waals surface area contributed by atoms with Crippen LogP contribution in [0.3, 0.4) is 0 Å². The molecule has 1 aromatic carbocycles. The van der Waals surface area contributed by atoms with Crippen molar-refractivity contribution in [2.45, 2.75) is 25.5 Å². The first-order valence-electron chi connectivity index (χ1n) is 9.42. The molecule has 3 heterocycles. The molecule has 2 fully saturated rings. The molecule has 2 saturated heterocycles. The summed E-state index contributed by atoms with van der Waals surface area (Å²) in [6.07, 6.45) is 2.22. The highest BCUT2D eigenvalue weighted by atomic mass is 19.1. The molecular weight excluding hydrogens is 345 g/mol. The lowest BCUT2D eigenvalue weighted by Gasteiger charge is -2.38. The van der Waals surface area contributed by atoms with Gasteiger partial charge in [0.2, 0.25) is 0 Å². The molecule has 1 unspecified atom stereocenters. The summed E-state index contributed by atoms with van der Waals surface area (Å²) in [5.41, 5.74) is 8.52. The van der Waals surface area contributed by atoms with Crippen LogP contribution in [0.4, 0.5) is 21.6 Å². The van der Waals surface area contributed by atoms with Crippen molar-refractivity contribution < 1.29 is 9.13 Å². The molecule has 2 aromatic rings. The number of benzene rings is 1. The van der Waals surface area contributed by atoms with Gasteiger partial charge < -0.3 is 24.8 Å². The predicted octanol–water partition coefficient (Wildman–Crippen LogP) is 2.59. The third-order valence-electron chi connectivity index (χ3n) is 5.39. The molecule has 1 aromatic heterocycles. The van der Waals surface area contributed by atoms with Gasteiger partial charge >= 0.3 is 0 Å². The summed E-state index contributed by atoms with van der Waals surface area (Å²) < 4.78 is 20.9. The van der Waals surface area contributed by atoms with Crippen LogP contribution in [-0.4, -0.2) is 43.5 Å². The normalized spacial score (nSPS) is 20.1. The number of piperazine rings is 1. The number of rotatable bonds is 4. The Hall–Kier alpha value is -2.72. The Morgan fingerprint density at radius 2 is 1.85 bits per heavy atom. The summed E-state index contributed by atoms with van der Waals surface area (Å²) in [7, 11) is 0. The molecule has 0 amide bonds. The molecule has 142 valence electrons. The van der Waals surface area contributed by atoms with Crippen LogP contribution in [0.2, 0.25) is 0 Å². The Balaban J connectivity index is 1.51. The zero-order valence-electron chi connectivity index (χ0n) is 15.3. The van der Waals surface area contributed by atoms with Crippen molar-refractivity contribution in [3.63, 3.8) is 0 Å². The maximum Gasteiger partial charge on any atom is 0.133 e. The second kappa shape index (κ2) is 7.49. The Bertz CT molecular complexity index is 827. The third kappa shape index (κ3) is 3.58. The van der Waals surface area contributed by atoms with Crippen molar-refractivity contribution in [2.75, 3.05) is 48.3 Å². The van der Waals surface area contributed by atoms with E-state index in [1.165, 1.54) is 12.1 Å². The van der Waals surface area contributed by atoms with E-state index in [1.54, 1.807) is 6.07 Å². The van der Waals surface area contributed by atoms with Crippen LogP contribution in [0.15, 0.2) is 30.3 Å². The molecule has 0 bridgehead atoms. The van der Waals surface area contributed by atoms with E-state index >= 15 is 0 Å². The summed E-state index contributed by atoms with van der Waals surface area (Å²) in [5.74, 6) is 0.696. The summed E-state index contributed by atoms with van der Waals surface area (Å²) in [6, 6.07) is 10.6. The highest BCUT2D eigenvalue weighted by Crippen LogP contribution is 2.31. The number of hydrogen-bond acceptors (Lipinski definition) is 5. The van der Waals surface area contributed by atoms with Crippen LogP contribution in [0.5, 0.6) is 0 Å². The summed E-state index contributed by atoms with van der Waals surface area (Å²) in [5, 5.41) is 9.52. The van der Waals surface area contributed by atoms with Gasteiger partial charge in [-0.3, -0.25) is 0 Å². The number of nitrogens with two attached hydrogens (primary N) is 1. The van der Waals surface area contributed by atoms with Crippen LogP contribution >= 0.6 is 0 Å². The fraction of sp³-hybridized carbons (Fsp3) is 0.450. The molecular formula is C20H24FN5O. The standard InChI is InChI=1S/C20H24FN5O/c21-15-3-5-16(6-4-15)24-7-9-25(10-8-24)20-19(23)12-17(13-22)26(20)14-18-2-1-11-27-18/h3-6,12,18H,1-2,7-11,14,23H2.